The number of primary amides is 1. The number of anilines is 1. The first-order chi connectivity index (χ1) is 15.7. The van der Waals surface area contributed by atoms with Gasteiger partial charge in [0.15, 0.2) is 0 Å². The van der Waals surface area contributed by atoms with Crippen molar-refractivity contribution in [1.82, 2.24) is 4.98 Å². The van der Waals surface area contributed by atoms with Crippen molar-refractivity contribution in [3.8, 4) is 0 Å². The Balaban J connectivity index is 0.000000286. The molecule has 3 N–H and O–H groups in total. The summed E-state index contributed by atoms with van der Waals surface area (Å²) in [5.74, 6) is -2.48. The molecule has 2 heterocycles. The molecule has 2 aromatic carbocycles. The van der Waals surface area contributed by atoms with Crippen LogP contribution in [0.25, 0.3) is 6.08 Å². The van der Waals surface area contributed by atoms with Crippen molar-refractivity contribution in [2.45, 2.75) is 0 Å². The van der Waals surface area contributed by atoms with Crippen LogP contribution in [0.4, 0.5) is 5.69 Å². The number of benzene rings is 2. The van der Waals surface area contributed by atoms with E-state index in [1.54, 1.807) is 43.4 Å². The molecule has 0 saturated heterocycles. The standard InChI is InChI=1S/C18H12ClNO4.C6H6N2O/c1-20-15-7-4-11(18(23)24)9-13(15)16(21)14(17(20)22)8-10-2-5-12(19)6-3-10;7-6(9)5-1-3-8-4-2-5/h2-9H,1H3,(H,23,24);1-4H,(H2,7,9)/b14-8+;. The molecule has 0 radical (unpaired) electrons. The summed E-state index contributed by atoms with van der Waals surface area (Å²) >= 11 is 5.83. The molecule has 1 aliphatic rings. The number of aromatic carboxylic acids is 1. The van der Waals surface area contributed by atoms with E-state index in [-0.39, 0.29) is 16.7 Å². The van der Waals surface area contributed by atoms with Gasteiger partial charge in [-0.05, 0) is 54.1 Å². The number of hydrogen-bond donors (Lipinski definition) is 2. The Kier molecular flexibility index (Phi) is 7.00. The molecule has 3 aromatic rings. The Hall–Kier alpha value is -4.30. The third-order valence-electron chi connectivity index (χ3n) is 4.78. The minimum Gasteiger partial charge on any atom is -0.478 e. The zero-order valence-electron chi connectivity index (χ0n) is 17.4. The first-order valence-corrected chi connectivity index (χ1v) is 9.94. The highest BCUT2D eigenvalue weighted by Gasteiger charge is 2.33. The molecule has 0 unspecified atom stereocenters. The van der Waals surface area contributed by atoms with Crippen molar-refractivity contribution in [3.63, 3.8) is 0 Å². The highest BCUT2D eigenvalue weighted by molar-refractivity contribution is 6.36. The summed E-state index contributed by atoms with van der Waals surface area (Å²) in [7, 11) is 1.55. The molecule has 0 spiro atoms. The molecular weight excluding hydrogens is 446 g/mol. The number of halogens is 1. The number of carbonyl (C=O) groups excluding carboxylic acids is 3. The number of hydrogen-bond acceptors (Lipinski definition) is 5. The number of ketones is 1. The van der Waals surface area contributed by atoms with Gasteiger partial charge in [-0.1, -0.05) is 23.7 Å². The zero-order valence-corrected chi connectivity index (χ0v) is 18.1. The van der Waals surface area contributed by atoms with Gasteiger partial charge in [-0.3, -0.25) is 19.4 Å². The van der Waals surface area contributed by atoms with Crippen LogP contribution in [0.3, 0.4) is 0 Å². The number of carbonyl (C=O) groups is 4. The Morgan fingerprint density at radius 3 is 2.18 bits per heavy atom. The number of likely N-dealkylation sites (N-methyl/N-ethyl adjacent to an activating group) is 1. The number of carboxylic acids is 1. The molecule has 0 saturated carbocycles. The van der Waals surface area contributed by atoms with Crippen LogP contribution in [-0.4, -0.2) is 40.7 Å². The predicted octanol–water partition coefficient (Wildman–Crippen LogP) is 3.46. The number of nitrogens with two attached hydrogens (primary N) is 1. The zero-order chi connectivity index (χ0) is 24.1. The van der Waals surface area contributed by atoms with Gasteiger partial charge in [0.05, 0.1) is 16.8 Å². The van der Waals surface area contributed by atoms with Gasteiger partial charge in [0.1, 0.15) is 0 Å². The van der Waals surface area contributed by atoms with Crippen molar-refractivity contribution in [1.29, 1.82) is 0 Å². The number of pyridine rings is 1. The van der Waals surface area contributed by atoms with Gasteiger partial charge in [0, 0.05) is 35.6 Å². The number of amides is 2. The highest BCUT2D eigenvalue weighted by Crippen LogP contribution is 2.31. The Morgan fingerprint density at radius 1 is 1.00 bits per heavy atom. The topological polar surface area (TPSA) is 131 Å². The fraction of sp³-hybridized carbons (Fsp3) is 0.0417. The summed E-state index contributed by atoms with van der Waals surface area (Å²) in [6.07, 6.45) is 4.54. The molecule has 0 aliphatic carbocycles. The second kappa shape index (κ2) is 9.88. The number of Topliss-reactive ketones (excluding diaryl/α,β-unsaturated/α-hetero) is 1. The molecule has 1 aliphatic heterocycles. The van der Waals surface area contributed by atoms with Crippen LogP contribution < -0.4 is 10.6 Å². The van der Waals surface area contributed by atoms with Crippen molar-refractivity contribution >= 4 is 46.9 Å². The number of carboxylic acid groups (broad SMARTS) is 1. The SMILES string of the molecule is CN1C(=O)/C(=C/c2ccc(Cl)cc2)C(=O)c2cc(C(=O)O)ccc21.NC(=O)c1ccncc1. The molecule has 4 rings (SSSR count). The lowest BCUT2D eigenvalue weighted by atomic mass is 9.92. The molecule has 166 valence electrons. The minimum atomic E-state index is -1.13. The van der Waals surface area contributed by atoms with Gasteiger partial charge < -0.3 is 15.7 Å². The first-order valence-electron chi connectivity index (χ1n) is 9.56. The van der Waals surface area contributed by atoms with E-state index >= 15 is 0 Å². The van der Waals surface area contributed by atoms with E-state index in [1.165, 1.54) is 41.6 Å². The van der Waals surface area contributed by atoms with Crippen LogP contribution in [0.1, 0.15) is 36.6 Å². The fourth-order valence-electron chi connectivity index (χ4n) is 3.04. The maximum Gasteiger partial charge on any atom is 0.335 e. The van der Waals surface area contributed by atoms with E-state index in [9.17, 15) is 19.2 Å². The van der Waals surface area contributed by atoms with Crippen molar-refractivity contribution < 1.29 is 24.3 Å². The molecular formula is C24H18ClN3O5. The molecule has 0 bridgehead atoms. The number of nitrogens with zero attached hydrogens (tertiary/aromatic N) is 2. The van der Waals surface area contributed by atoms with Crippen LogP contribution >= 0.6 is 11.6 Å². The van der Waals surface area contributed by atoms with E-state index in [0.29, 0.717) is 21.8 Å². The summed E-state index contributed by atoms with van der Waals surface area (Å²) < 4.78 is 0. The summed E-state index contributed by atoms with van der Waals surface area (Å²) in [5, 5.41) is 9.65. The highest BCUT2D eigenvalue weighted by atomic mass is 35.5. The van der Waals surface area contributed by atoms with Gasteiger partial charge in [-0.15, -0.1) is 0 Å². The maximum absolute atomic E-state index is 12.7. The smallest absolute Gasteiger partial charge is 0.335 e. The Labute approximate surface area is 193 Å². The number of aromatic nitrogens is 1. The molecule has 33 heavy (non-hydrogen) atoms. The van der Waals surface area contributed by atoms with Crippen molar-refractivity contribution in [2.75, 3.05) is 11.9 Å². The third-order valence-corrected chi connectivity index (χ3v) is 5.03. The van der Waals surface area contributed by atoms with E-state index in [4.69, 9.17) is 22.4 Å². The molecule has 0 fully saturated rings. The van der Waals surface area contributed by atoms with Crippen LogP contribution in [-0.2, 0) is 4.79 Å². The first kappa shape index (κ1) is 23.4. The quantitative estimate of drug-likeness (QED) is 0.451. The third kappa shape index (κ3) is 5.31. The van der Waals surface area contributed by atoms with Crippen LogP contribution in [0.2, 0.25) is 5.02 Å². The minimum absolute atomic E-state index is 0.00399. The lowest BCUT2D eigenvalue weighted by Crippen LogP contribution is -2.36. The van der Waals surface area contributed by atoms with E-state index in [2.05, 4.69) is 4.98 Å². The van der Waals surface area contributed by atoms with Crippen LogP contribution in [0, 0.1) is 0 Å². The van der Waals surface area contributed by atoms with Crippen molar-refractivity contribution in [3.05, 3.63) is 99.8 Å². The normalized spacial score (nSPS) is 13.8. The second-order valence-electron chi connectivity index (χ2n) is 6.94. The van der Waals surface area contributed by atoms with Gasteiger partial charge in [-0.25, -0.2) is 4.79 Å². The Bertz CT molecular complexity index is 1270. The molecule has 0 atom stereocenters. The van der Waals surface area contributed by atoms with E-state index < -0.39 is 23.6 Å². The lowest BCUT2D eigenvalue weighted by molar-refractivity contribution is -0.114. The lowest BCUT2D eigenvalue weighted by Gasteiger charge is -2.26. The number of rotatable bonds is 3. The number of fused-ring (bicyclic) bond motifs is 1. The molecule has 8 nitrogen and oxygen atoms in total. The van der Waals surface area contributed by atoms with E-state index in [1.807, 2.05) is 0 Å². The van der Waals surface area contributed by atoms with Gasteiger partial charge >= 0.3 is 5.97 Å². The Morgan fingerprint density at radius 2 is 1.64 bits per heavy atom. The summed E-state index contributed by atoms with van der Waals surface area (Å²) in [5.41, 5.74) is 6.65. The average Bonchev–Trinajstić information content (AvgIpc) is 2.82. The van der Waals surface area contributed by atoms with Crippen molar-refractivity contribution in [2.24, 2.45) is 5.73 Å². The van der Waals surface area contributed by atoms with Gasteiger partial charge in [-0.2, -0.15) is 0 Å². The monoisotopic (exact) mass is 463 g/mol. The van der Waals surface area contributed by atoms with Gasteiger partial charge in [0.25, 0.3) is 5.91 Å². The molecule has 2 amide bonds. The summed E-state index contributed by atoms with van der Waals surface area (Å²) in [4.78, 5) is 51.7. The predicted molar refractivity (Wildman–Crippen MR) is 123 cm³/mol. The van der Waals surface area contributed by atoms with Crippen LogP contribution in [0.5, 0.6) is 0 Å². The summed E-state index contributed by atoms with van der Waals surface area (Å²) in [6.45, 7) is 0. The van der Waals surface area contributed by atoms with E-state index in [0.717, 1.165) is 0 Å². The van der Waals surface area contributed by atoms with Crippen LogP contribution in [0.15, 0.2) is 72.6 Å². The molecule has 1 aromatic heterocycles. The van der Waals surface area contributed by atoms with Gasteiger partial charge in [0.2, 0.25) is 11.7 Å². The second-order valence-corrected chi connectivity index (χ2v) is 7.38. The fourth-order valence-corrected chi connectivity index (χ4v) is 3.17. The maximum atomic E-state index is 12.7. The molecule has 9 heteroatoms. The largest absolute Gasteiger partial charge is 0.478 e. The average molecular weight is 464 g/mol. The summed E-state index contributed by atoms with van der Waals surface area (Å²) in [6, 6.07) is 14.0.